The maximum Gasteiger partial charge on any atom is 0.260 e. The predicted molar refractivity (Wildman–Crippen MR) is 172 cm³/mol. The van der Waals surface area contributed by atoms with E-state index in [-0.39, 0.29) is 17.7 Å². The summed E-state index contributed by atoms with van der Waals surface area (Å²) in [6.45, 7) is 5.96. The lowest BCUT2D eigenvalue weighted by molar-refractivity contribution is -0.119. The van der Waals surface area contributed by atoms with Crippen LogP contribution in [0.25, 0.3) is 0 Å². The van der Waals surface area contributed by atoms with Crippen molar-refractivity contribution in [3.8, 4) is 0 Å². The van der Waals surface area contributed by atoms with Gasteiger partial charge in [-0.1, -0.05) is 36.2 Å². The number of carbonyl (C=O) groups excluding carboxylic acids is 3. The van der Waals surface area contributed by atoms with E-state index in [9.17, 15) is 14.4 Å². The van der Waals surface area contributed by atoms with Crippen molar-refractivity contribution >= 4 is 34.7 Å². The molecule has 2 aliphatic carbocycles. The van der Waals surface area contributed by atoms with E-state index in [0.717, 1.165) is 76.8 Å². The standard InChI is InChI=1S/C35H43N5O4/c1-24-7-2-5-11-31(24)39-17-19-40(20-18-39)32-15-14-27(34(42)36-16-6-9-25-8-3-4-10-28(41)21-25)22-30(32)38-35(43)29-23-37-44-33(29)26-12-13-26/h2,5,7,11,14-15,22-23,25-26H,3-4,6,8-10,12-13,16-21H2,1H3,(H,36,42)(H,38,43). The van der Waals surface area contributed by atoms with Crippen molar-refractivity contribution in [3.05, 3.63) is 71.1 Å². The largest absolute Gasteiger partial charge is 0.368 e. The van der Waals surface area contributed by atoms with E-state index in [0.29, 0.717) is 53.7 Å². The van der Waals surface area contributed by atoms with E-state index in [4.69, 9.17) is 4.52 Å². The third-order valence-corrected chi connectivity index (χ3v) is 9.28. The maximum atomic E-state index is 13.5. The smallest absolute Gasteiger partial charge is 0.260 e. The van der Waals surface area contributed by atoms with Crippen molar-refractivity contribution in [2.24, 2.45) is 5.92 Å². The monoisotopic (exact) mass is 597 g/mol. The van der Waals surface area contributed by atoms with Crippen LogP contribution in [0.3, 0.4) is 0 Å². The number of piperazine rings is 1. The van der Waals surface area contributed by atoms with E-state index in [2.05, 4.69) is 56.8 Å². The van der Waals surface area contributed by atoms with E-state index in [1.165, 1.54) is 17.4 Å². The van der Waals surface area contributed by atoms with Gasteiger partial charge in [0.25, 0.3) is 11.8 Å². The molecule has 0 spiro atoms. The number of Topliss-reactive ketones (excluding diaryl/α,β-unsaturated/α-hetero) is 1. The SMILES string of the molecule is Cc1ccccc1N1CCN(c2ccc(C(=O)NCCCC3CCCCC(=O)C3)cc2NC(=O)c2cnoc2C2CC2)CC1. The lowest BCUT2D eigenvalue weighted by Crippen LogP contribution is -2.47. The highest BCUT2D eigenvalue weighted by molar-refractivity contribution is 6.07. The molecule has 1 aromatic heterocycles. The summed E-state index contributed by atoms with van der Waals surface area (Å²) in [6, 6.07) is 14.0. The van der Waals surface area contributed by atoms with Crippen LogP contribution in [-0.4, -0.2) is 55.5 Å². The summed E-state index contributed by atoms with van der Waals surface area (Å²) in [5.74, 6) is 1.24. The molecule has 9 nitrogen and oxygen atoms in total. The van der Waals surface area contributed by atoms with Crippen molar-refractivity contribution in [3.63, 3.8) is 0 Å². The Kier molecular flexibility index (Phi) is 9.28. The first-order chi connectivity index (χ1) is 21.5. The van der Waals surface area contributed by atoms with Crippen molar-refractivity contribution in [2.75, 3.05) is 47.8 Å². The third-order valence-electron chi connectivity index (χ3n) is 9.28. The average molecular weight is 598 g/mol. The van der Waals surface area contributed by atoms with E-state index < -0.39 is 0 Å². The second-order valence-electron chi connectivity index (χ2n) is 12.6. The van der Waals surface area contributed by atoms with Gasteiger partial charge in [0.1, 0.15) is 11.3 Å². The Labute approximate surface area is 259 Å². The second-order valence-corrected chi connectivity index (χ2v) is 12.6. The van der Waals surface area contributed by atoms with Crippen LogP contribution >= 0.6 is 0 Å². The molecule has 3 fully saturated rings. The molecule has 1 atom stereocenters. The van der Waals surface area contributed by atoms with Crippen LogP contribution in [0.15, 0.2) is 53.2 Å². The second kappa shape index (κ2) is 13.7. The number of rotatable bonds is 10. The molecule has 1 unspecified atom stereocenters. The van der Waals surface area contributed by atoms with Crippen molar-refractivity contribution in [1.29, 1.82) is 0 Å². The number of nitrogens with one attached hydrogen (secondary N) is 2. The number of ketones is 1. The molecule has 2 heterocycles. The highest BCUT2D eigenvalue weighted by Gasteiger charge is 2.33. The fraction of sp³-hybridized carbons (Fsp3) is 0.486. The van der Waals surface area contributed by atoms with Crippen LogP contribution in [0.2, 0.25) is 0 Å². The van der Waals surface area contributed by atoms with Crippen molar-refractivity contribution in [1.82, 2.24) is 10.5 Å². The molecule has 6 rings (SSSR count). The zero-order valence-electron chi connectivity index (χ0n) is 25.6. The third kappa shape index (κ3) is 7.14. The topological polar surface area (TPSA) is 108 Å². The van der Waals surface area contributed by atoms with Gasteiger partial charge in [-0.15, -0.1) is 0 Å². The summed E-state index contributed by atoms with van der Waals surface area (Å²) in [4.78, 5) is 43.3. The van der Waals surface area contributed by atoms with Gasteiger partial charge in [0.2, 0.25) is 0 Å². The predicted octanol–water partition coefficient (Wildman–Crippen LogP) is 6.10. The van der Waals surface area contributed by atoms with Gasteiger partial charge in [0.05, 0.1) is 17.6 Å². The van der Waals surface area contributed by atoms with Gasteiger partial charge >= 0.3 is 0 Å². The minimum absolute atomic E-state index is 0.169. The van der Waals surface area contributed by atoms with Gasteiger partial charge < -0.3 is 25.0 Å². The van der Waals surface area contributed by atoms with Gasteiger partial charge in [-0.05, 0) is 74.8 Å². The van der Waals surface area contributed by atoms with E-state index >= 15 is 0 Å². The molecule has 0 radical (unpaired) electrons. The van der Waals surface area contributed by atoms with Crippen LogP contribution in [-0.2, 0) is 4.79 Å². The Balaban J connectivity index is 1.14. The molecule has 2 aromatic carbocycles. The number of amides is 2. The van der Waals surface area contributed by atoms with Gasteiger partial charge in [0, 0.05) is 62.7 Å². The van der Waals surface area contributed by atoms with Crippen LogP contribution in [0, 0.1) is 12.8 Å². The number of aryl methyl sites for hydroxylation is 1. The van der Waals surface area contributed by atoms with Crippen LogP contribution in [0.5, 0.6) is 0 Å². The summed E-state index contributed by atoms with van der Waals surface area (Å²) in [5.41, 5.74) is 4.95. The fourth-order valence-corrected chi connectivity index (χ4v) is 6.63. The number of hydrogen-bond acceptors (Lipinski definition) is 7. The molecule has 1 saturated heterocycles. The van der Waals surface area contributed by atoms with Crippen molar-refractivity contribution in [2.45, 2.75) is 70.6 Å². The minimum Gasteiger partial charge on any atom is -0.368 e. The highest BCUT2D eigenvalue weighted by atomic mass is 16.5. The molecule has 3 aromatic rings. The van der Waals surface area contributed by atoms with E-state index in [1.807, 2.05) is 12.1 Å². The Morgan fingerprint density at radius 1 is 0.955 bits per heavy atom. The number of benzene rings is 2. The summed E-state index contributed by atoms with van der Waals surface area (Å²) in [5, 5.41) is 10.0. The molecule has 232 valence electrons. The summed E-state index contributed by atoms with van der Waals surface area (Å²) in [7, 11) is 0. The summed E-state index contributed by atoms with van der Waals surface area (Å²) in [6.07, 6.45) is 9.87. The number of carbonyl (C=O) groups is 3. The number of nitrogens with zero attached hydrogens (tertiary/aromatic N) is 3. The van der Waals surface area contributed by atoms with Gasteiger partial charge in [-0.2, -0.15) is 0 Å². The molecule has 44 heavy (non-hydrogen) atoms. The number of anilines is 3. The zero-order valence-corrected chi connectivity index (χ0v) is 25.6. The molecule has 2 N–H and O–H groups in total. The first-order valence-corrected chi connectivity index (χ1v) is 16.2. The van der Waals surface area contributed by atoms with Crippen LogP contribution in [0.4, 0.5) is 17.1 Å². The Morgan fingerprint density at radius 2 is 1.73 bits per heavy atom. The van der Waals surface area contributed by atoms with Gasteiger partial charge in [-0.3, -0.25) is 14.4 Å². The maximum absolute atomic E-state index is 13.5. The quantitative estimate of drug-likeness (QED) is 0.215. The molecule has 1 aliphatic heterocycles. The summed E-state index contributed by atoms with van der Waals surface area (Å²) < 4.78 is 5.42. The van der Waals surface area contributed by atoms with Gasteiger partial charge in [0.15, 0.2) is 5.76 Å². The molecular formula is C35H43N5O4. The Morgan fingerprint density at radius 3 is 2.50 bits per heavy atom. The first kappa shape index (κ1) is 29.9. The Hall–Kier alpha value is -4.14. The zero-order chi connectivity index (χ0) is 30.5. The lowest BCUT2D eigenvalue weighted by atomic mass is 9.94. The fourth-order valence-electron chi connectivity index (χ4n) is 6.63. The van der Waals surface area contributed by atoms with Gasteiger partial charge in [-0.25, -0.2) is 0 Å². The highest BCUT2D eigenvalue weighted by Crippen LogP contribution is 2.42. The van der Waals surface area contributed by atoms with Crippen LogP contribution in [0.1, 0.15) is 95.7 Å². The number of para-hydroxylation sites is 1. The minimum atomic E-state index is -0.275. The molecular weight excluding hydrogens is 554 g/mol. The normalized spacial score (nSPS) is 19.0. The van der Waals surface area contributed by atoms with Crippen molar-refractivity contribution < 1.29 is 18.9 Å². The molecule has 3 aliphatic rings. The first-order valence-electron chi connectivity index (χ1n) is 16.2. The molecule has 2 amide bonds. The summed E-state index contributed by atoms with van der Waals surface area (Å²) >= 11 is 0. The van der Waals surface area contributed by atoms with Crippen LogP contribution < -0.4 is 20.4 Å². The Bertz CT molecular complexity index is 1490. The number of hydrogen-bond donors (Lipinski definition) is 2. The molecule has 9 heteroatoms. The number of aromatic nitrogens is 1. The molecule has 0 bridgehead atoms. The average Bonchev–Trinajstić information content (AvgIpc) is 3.80. The van der Waals surface area contributed by atoms with E-state index in [1.54, 1.807) is 6.07 Å². The molecule has 2 saturated carbocycles. The lowest BCUT2D eigenvalue weighted by Gasteiger charge is -2.38.